The number of amidine groups is 1. The molecule has 0 saturated carbocycles. The van der Waals surface area contributed by atoms with E-state index in [1.54, 1.807) is 6.20 Å². The fourth-order valence-corrected chi connectivity index (χ4v) is 2.43. The van der Waals surface area contributed by atoms with Crippen molar-refractivity contribution >= 4 is 27.6 Å². The molecule has 3 N–H and O–H groups in total. The van der Waals surface area contributed by atoms with Gasteiger partial charge in [-0.25, -0.2) is 9.97 Å². The van der Waals surface area contributed by atoms with Gasteiger partial charge in [-0.3, -0.25) is 5.41 Å². The molecule has 1 aliphatic rings. The van der Waals surface area contributed by atoms with E-state index in [0.717, 1.165) is 36.2 Å². The second-order valence-electron chi connectivity index (χ2n) is 3.93. The van der Waals surface area contributed by atoms with E-state index in [0.29, 0.717) is 0 Å². The van der Waals surface area contributed by atoms with Gasteiger partial charge >= 0.3 is 0 Å². The average Bonchev–Trinajstić information content (AvgIpc) is 2.30. The smallest absolute Gasteiger partial charge is 0.146 e. The molecule has 5 nitrogen and oxygen atoms in total. The van der Waals surface area contributed by atoms with Crippen molar-refractivity contribution in [3.05, 3.63) is 17.0 Å². The van der Waals surface area contributed by atoms with E-state index in [-0.39, 0.29) is 11.8 Å². The molecule has 0 radical (unpaired) electrons. The number of hydrogen-bond donors (Lipinski definition) is 2. The van der Waals surface area contributed by atoms with Gasteiger partial charge in [0.15, 0.2) is 0 Å². The first kappa shape index (κ1) is 11.3. The Morgan fingerprint density at radius 2 is 2.44 bits per heavy atom. The minimum absolute atomic E-state index is 0.149. The first-order valence-electron chi connectivity index (χ1n) is 5.23. The molecule has 0 spiro atoms. The molecule has 1 aromatic rings. The van der Waals surface area contributed by atoms with Gasteiger partial charge in [-0.05, 0) is 28.8 Å². The Morgan fingerprint density at radius 3 is 3.12 bits per heavy atom. The van der Waals surface area contributed by atoms with Crippen molar-refractivity contribution in [1.82, 2.24) is 9.97 Å². The number of rotatable bonds is 2. The molecule has 6 heteroatoms. The second-order valence-corrected chi connectivity index (χ2v) is 4.79. The maximum absolute atomic E-state index is 7.50. The van der Waals surface area contributed by atoms with Crippen LogP contribution >= 0.6 is 15.9 Å². The maximum atomic E-state index is 7.50. The lowest BCUT2D eigenvalue weighted by atomic mass is 9.97. The van der Waals surface area contributed by atoms with Gasteiger partial charge in [0.25, 0.3) is 0 Å². The second kappa shape index (κ2) is 4.78. The standard InChI is InChI=1S/C10H14BrN5/c11-8-4-14-6-15-10(8)16-3-1-2-7(5-16)9(12)13/h4,6-7H,1-3,5H2,(H3,12,13). The highest BCUT2D eigenvalue weighted by Gasteiger charge is 2.23. The molecular weight excluding hydrogens is 270 g/mol. The Labute approximate surface area is 103 Å². The number of aromatic nitrogens is 2. The van der Waals surface area contributed by atoms with Gasteiger partial charge < -0.3 is 10.6 Å². The molecule has 1 fully saturated rings. The summed E-state index contributed by atoms with van der Waals surface area (Å²) in [6.07, 6.45) is 5.31. The number of halogens is 1. The summed E-state index contributed by atoms with van der Waals surface area (Å²) in [7, 11) is 0. The van der Waals surface area contributed by atoms with E-state index in [9.17, 15) is 0 Å². The van der Waals surface area contributed by atoms with E-state index in [4.69, 9.17) is 11.1 Å². The number of nitrogens with two attached hydrogens (primary N) is 1. The van der Waals surface area contributed by atoms with Crippen LogP contribution in [-0.2, 0) is 0 Å². The molecule has 0 aliphatic carbocycles. The Balaban J connectivity index is 2.16. The highest BCUT2D eigenvalue weighted by Crippen LogP contribution is 2.26. The predicted molar refractivity (Wildman–Crippen MR) is 66.6 cm³/mol. The third-order valence-electron chi connectivity index (χ3n) is 2.81. The lowest BCUT2D eigenvalue weighted by Gasteiger charge is -2.33. The normalized spacial score (nSPS) is 20.8. The van der Waals surface area contributed by atoms with Crippen molar-refractivity contribution < 1.29 is 0 Å². The summed E-state index contributed by atoms with van der Waals surface area (Å²) in [5, 5.41) is 7.50. The maximum Gasteiger partial charge on any atom is 0.146 e. The molecule has 1 aromatic heterocycles. The molecule has 1 unspecified atom stereocenters. The van der Waals surface area contributed by atoms with E-state index in [1.807, 2.05) is 0 Å². The molecular formula is C10H14BrN5. The molecule has 2 rings (SSSR count). The van der Waals surface area contributed by atoms with Gasteiger partial charge in [-0.1, -0.05) is 0 Å². The van der Waals surface area contributed by atoms with Crippen LogP contribution in [0.2, 0.25) is 0 Å². The minimum Gasteiger partial charge on any atom is -0.387 e. The Hall–Kier alpha value is -1.17. The molecule has 2 heterocycles. The quantitative estimate of drug-likeness (QED) is 0.635. The monoisotopic (exact) mass is 283 g/mol. The fraction of sp³-hybridized carbons (Fsp3) is 0.500. The Bertz CT molecular complexity index is 395. The first-order chi connectivity index (χ1) is 7.68. The Morgan fingerprint density at radius 1 is 1.62 bits per heavy atom. The van der Waals surface area contributed by atoms with Crippen molar-refractivity contribution in [3.63, 3.8) is 0 Å². The van der Waals surface area contributed by atoms with Crippen LogP contribution in [0.1, 0.15) is 12.8 Å². The summed E-state index contributed by atoms with van der Waals surface area (Å²) in [6, 6.07) is 0. The van der Waals surface area contributed by atoms with Gasteiger partial charge in [-0.2, -0.15) is 0 Å². The highest BCUT2D eigenvalue weighted by molar-refractivity contribution is 9.10. The Kier molecular flexibility index (Phi) is 3.38. The van der Waals surface area contributed by atoms with Gasteiger partial charge in [0.1, 0.15) is 12.1 Å². The number of hydrogen-bond acceptors (Lipinski definition) is 4. The summed E-state index contributed by atoms with van der Waals surface area (Å²) in [6.45, 7) is 1.73. The van der Waals surface area contributed by atoms with Gasteiger partial charge in [0.05, 0.1) is 10.3 Å². The number of piperidine rings is 1. The summed E-state index contributed by atoms with van der Waals surface area (Å²) < 4.78 is 0.888. The average molecular weight is 284 g/mol. The highest BCUT2D eigenvalue weighted by atomic mass is 79.9. The summed E-state index contributed by atoms with van der Waals surface area (Å²) in [5.41, 5.74) is 5.56. The van der Waals surface area contributed by atoms with Crippen molar-refractivity contribution in [1.29, 1.82) is 5.41 Å². The number of anilines is 1. The first-order valence-corrected chi connectivity index (χ1v) is 6.02. The third kappa shape index (κ3) is 2.32. The van der Waals surface area contributed by atoms with Crippen LogP contribution in [0.4, 0.5) is 5.82 Å². The molecule has 1 atom stereocenters. The van der Waals surface area contributed by atoms with E-state index >= 15 is 0 Å². The number of nitrogens with one attached hydrogen (secondary N) is 1. The van der Waals surface area contributed by atoms with Crippen molar-refractivity contribution in [2.45, 2.75) is 12.8 Å². The van der Waals surface area contributed by atoms with Crippen molar-refractivity contribution in [2.75, 3.05) is 18.0 Å². The van der Waals surface area contributed by atoms with Gasteiger partial charge in [0.2, 0.25) is 0 Å². The SMILES string of the molecule is N=C(N)C1CCCN(c2ncncc2Br)C1. The van der Waals surface area contributed by atoms with Gasteiger partial charge in [0, 0.05) is 25.2 Å². The van der Waals surface area contributed by atoms with E-state index < -0.39 is 0 Å². The van der Waals surface area contributed by atoms with Crippen LogP contribution in [0.25, 0.3) is 0 Å². The topological polar surface area (TPSA) is 78.9 Å². The third-order valence-corrected chi connectivity index (χ3v) is 3.37. The predicted octanol–water partition coefficient (Wildman–Crippen LogP) is 1.39. The molecule has 0 amide bonds. The molecule has 0 bridgehead atoms. The largest absolute Gasteiger partial charge is 0.387 e. The van der Waals surface area contributed by atoms with Crippen molar-refractivity contribution in [3.8, 4) is 0 Å². The lowest BCUT2D eigenvalue weighted by Crippen LogP contribution is -2.41. The summed E-state index contributed by atoms with van der Waals surface area (Å²) in [5.74, 6) is 1.31. The van der Waals surface area contributed by atoms with Crippen LogP contribution in [-0.4, -0.2) is 28.9 Å². The van der Waals surface area contributed by atoms with Crippen molar-refractivity contribution in [2.24, 2.45) is 11.7 Å². The van der Waals surface area contributed by atoms with Crippen LogP contribution in [0.15, 0.2) is 17.0 Å². The van der Waals surface area contributed by atoms with Gasteiger partial charge in [-0.15, -0.1) is 0 Å². The van der Waals surface area contributed by atoms with E-state index in [1.165, 1.54) is 6.33 Å². The lowest BCUT2D eigenvalue weighted by molar-refractivity contribution is 0.499. The van der Waals surface area contributed by atoms with Crippen LogP contribution < -0.4 is 10.6 Å². The van der Waals surface area contributed by atoms with Crippen LogP contribution in [0.3, 0.4) is 0 Å². The molecule has 16 heavy (non-hydrogen) atoms. The summed E-state index contributed by atoms with van der Waals surface area (Å²) in [4.78, 5) is 10.3. The minimum atomic E-state index is 0.149. The van der Waals surface area contributed by atoms with Crippen LogP contribution in [0.5, 0.6) is 0 Å². The molecule has 0 aromatic carbocycles. The zero-order valence-electron chi connectivity index (χ0n) is 8.86. The van der Waals surface area contributed by atoms with Crippen LogP contribution in [0, 0.1) is 11.3 Å². The number of nitrogens with zero attached hydrogens (tertiary/aromatic N) is 3. The molecule has 86 valence electrons. The zero-order chi connectivity index (χ0) is 11.5. The zero-order valence-corrected chi connectivity index (χ0v) is 10.4. The summed E-state index contributed by atoms with van der Waals surface area (Å²) >= 11 is 3.44. The molecule has 1 aliphatic heterocycles. The van der Waals surface area contributed by atoms with E-state index in [2.05, 4.69) is 30.8 Å². The molecule has 1 saturated heterocycles. The fourth-order valence-electron chi connectivity index (χ4n) is 1.96.